The number of nitrogens with one attached hydrogen (secondary N) is 1. The minimum atomic E-state index is 0.226. The molecule has 0 radical (unpaired) electrons. The van der Waals surface area contributed by atoms with Crippen LogP contribution < -0.4 is 5.32 Å². The van der Waals surface area contributed by atoms with Gasteiger partial charge in [0.2, 0.25) is 5.91 Å². The number of carbonyl (C=O) groups excluding carboxylic acids is 1. The highest BCUT2D eigenvalue weighted by atomic mass is 16.2. The molecular formula is C12H23N3O. The van der Waals surface area contributed by atoms with Crippen LogP contribution in [0.1, 0.15) is 13.3 Å². The Morgan fingerprint density at radius 1 is 1.50 bits per heavy atom. The molecule has 0 aromatic carbocycles. The number of hydrogen-bond donors (Lipinski definition) is 1. The van der Waals surface area contributed by atoms with Crippen LogP contribution in [0.4, 0.5) is 0 Å². The number of carbonyl (C=O) groups is 1. The third-order valence-electron chi connectivity index (χ3n) is 2.76. The summed E-state index contributed by atoms with van der Waals surface area (Å²) in [6, 6.07) is 0. The molecule has 1 heterocycles. The average molecular weight is 225 g/mol. The van der Waals surface area contributed by atoms with E-state index in [-0.39, 0.29) is 5.91 Å². The summed E-state index contributed by atoms with van der Waals surface area (Å²) >= 11 is 0. The lowest BCUT2D eigenvalue weighted by Crippen LogP contribution is -2.48. The molecule has 0 unspecified atom stereocenters. The van der Waals surface area contributed by atoms with Crippen molar-refractivity contribution >= 4 is 5.91 Å². The molecule has 1 aliphatic rings. The summed E-state index contributed by atoms with van der Waals surface area (Å²) in [5, 5.41) is 3.28. The van der Waals surface area contributed by atoms with Crippen LogP contribution in [0.25, 0.3) is 0 Å². The zero-order valence-corrected chi connectivity index (χ0v) is 10.2. The molecule has 0 bridgehead atoms. The summed E-state index contributed by atoms with van der Waals surface area (Å²) in [5.74, 6) is 0.226. The van der Waals surface area contributed by atoms with Gasteiger partial charge in [-0.2, -0.15) is 0 Å². The van der Waals surface area contributed by atoms with Crippen molar-refractivity contribution in [2.75, 3.05) is 45.8 Å². The Balaban J connectivity index is 2.37. The van der Waals surface area contributed by atoms with Crippen molar-refractivity contribution in [3.63, 3.8) is 0 Å². The topological polar surface area (TPSA) is 35.6 Å². The highest BCUT2D eigenvalue weighted by Crippen LogP contribution is 1.98. The third-order valence-corrected chi connectivity index (χ3v) is 2.76. The maximum Gasteiger partial charge on any atom is 0.237 e. The van der Waals surface area contributed by atoms with E-state index in [2.05, 4.69) is 23.7 Å². The van der Waals surface area contributed by atoms with Gasteiger partial charge in [0.15, 0.2) is 0 Å². The summed E-state index contributed by atoms with van der Waals surface area (Å²) in [5.41, 5.74) is 0. The second-order valence-electron chi connectivity index (χ2n) is 4.15. The zero-order valence-electron chi connectivity index (χ0n) is 10.2. The Hall–Kier alpha value is -0.870. The molecule has 4 nitrogen and oxygen atoms in total. The molecule has 0 aliphatic carbocycles. The van der Waals surface area contributed by atoms with Crippen molar-refractivity contribution in [2.45, 2.75) is 13.3 Å². The number of piperazine rings is 1. The Morgan fingerprint density at radius 2 is 2.19 bits per heavy atom. The average Bonchev–Trinajstić information content (AvgIpc) is 2.30. The SMILES string of the molecule is C=CCN(CCC)C(=O)CN1CCNCC1. The van der Waals surface area contributed by atoms with Gasteiger partial charge in [0.1, 0.15) is 0 Å². The molecule has 0 spiro atoms. The van der Waals surface area contributed by atoms with E-state index in [1.807, 2.05) is 4.90 Å². The predicted molar refractivity (Wildman–Crippen MR) is 66.4 cm³/mol. The first kappa shape index (κ1) is 13.2. The normalized spacial score (nSPS) is 17.1. The van der Waals surface area contributed by atoms with E-state index in [1.54, 1.807) is 6.08 Å². The lowest BCUT2D eigenvalue weighted by molar-refractivity contribution is -0.132. The Labute approximate surface area is 98.3 Å². The van der Waals surface area contributed by atoms with E-state index < -0.39 is 0 Å². The molecular weight excluding hydrogens is 202 g/mol. The van der Waals surface area contributed by atoms with Crippen molar-refractivity contribution in [1.29, 1.82) is 0 Å². The van der Waals surface area contributed by atoms with Crippen molar-refractivity contribution in [3.05, 3.63) is 12.7 Å². The maximum absolute atomic E-state index is 12.0. The van der Waals surface area contributed by atoms with Crippen LogP contribution in [-0.2, 0) is 4.79 Å². The molecule has 4 heteroatoms. The standard InChI is InChI=1S/C12H23N3O/c1-3-7-15(8-4-2)12(16)11-14-9-5-13-6-10-14/h3,13H,1,4-11H2,2H3. The van der Waals surface area contributed by atoms with Crippen LogP contribution in [0, 0.1) is 0 Å². The van der Waals surface area contributed by atoms with Gasteiger partial charge in [-0.15, -0.1) is 6.58 Å². The fourth-order valence-electron chi connectivity index (χ4n) is 1.90. The monoisotopic (exact) mass is 225 g/mol. The van der Waals surface area contributed by atoms with Crippen LogP contribution in [0.3, 0.4) is 0 Å². The van der Waals surface area contributed by atoms with Gasteiger partial charge in [-0.1, -0.05) is 13.0 Å². The number of hydrogen-bond acceptors (Lipinski definition) is 3. The van der Waals surface area contributed by atoms with E-state index in [1.165, 1.54) is 0 Å². The minimum absolute atomic E-state index is 0.226. The van der Waals surface area contributed by atoms with E-state index in [4.69, 9.17) is 0 Å². The molecule has 1 aliphatic heterocycles. The van der Waals surface area contributed by atoms with Gasteiger partial charge >= 0.3 is 0 Å². The molecule has 92 valence electrons. The number of amides is 1. The molecule has 0 atom stereocenters. The highest BCUT2D eigenvalue weighted by molar-refractivity contribution is 5.78. The molecule has 1 N–H and O–H groups in total. The smallest absolute Gasteiger partial charge is 0.237 e. The Kier molecular flexibility index (Phi) is 6.11. The highest BCUT2D eigenvalue weighted by Gasteiger charge is 2.17. The quantitative estimate of drug-likeness (QED) is 0.661. The molecule has 16 heavy (non-hydrogen) atoms. The van der Waals surface area contributed by atoms with Gasteiger partial charge in [0.05, 0.1) is 6.54 Å². The maximum atomic E-state index is 12.0. The predicted octanol–water partition coefficient (Wildman–Crippen LogP) is 0.316. The minimum Gasteiger partial charge on any atom is -0.338 e. The van der Waals surface area contributed by atoms with Gasteiger partial charge < -0.3 is 10.2 Å². The molecule has 1 fully saturated rings. The van der Waals surface area contributed by atoms with E-state index >= 15 is 0 Å². The van der Waals surface area contributed by atoms with Crippen LogP contribution in [-0.4, -0.2) is 61.5 Å². The van der Waals surface area contributed by atoms with Gasteiger partial charge in [0.25, 0.3) is 0 Å². The van der Waals surface area contributed by atoms with Gasteiger partial charge in [-0.25, -0.2) is 0 Å². The molecule has 1 rings (SSSR count). The zero-order chi connectivity index (χ0) is 11.8. The van der Waals surface area contributed by atoms with Crippen molar-refractivity contribution in [3.8, 4) is 0 Å². The fraction of sp³-hybridized carbons (Fsp3) is 0.750. The van der Waals surface area contributed by atoms with Gasteiger partial charge in [-0.3, -0.25) is 9.69 Å². The summed E-state index contributed by atoms with van der Waals surface area (Å²) in [6.45, 7) is 11.8. The lowest BCUT2D eigenvalue weighted by Gasteiger charge is -2.29. The van der Waals surface area contributed by atoms with Crippen molar-refractivity contribution in [2.24, 2.45) is 0 Å². The first-order valence-electron chi connectivity index (χ1n) is 6.09. The molecule has 0 aromatic rings. The Bertz CT molecular complexity index is 224. The summed E-state index contributed by atoms with van der Waals surface area (Å²) in [4.78, 5) is 16.1. The largest absolute Gasteiger partial charge is 0.338 e. The van der Waals surface area contributed by atoms with Gasteiger partial charge in [-0.05, 0) is 6.42 Å². The van der Waals surface area contributed by atoms with Crippen LogP contribution in [0.2, 0.25) is 0 Å². The molecule has 0 saturated carbocycles. The second-order valence-corrected chi connectivity index (χ2v) is 4.15. The lowest BCUT2D eigenvalue weighted by atomic mass is 10.3. The fourth-order valence-corrected chi connectivity index (χ4v) is 1.90. The van der Waals surface area contributed by atoms with Crippen LogP contribution in [0.5, 0.6) is 0 Å². The molecule has 0 aromatic heterocycles. The number of nitrogens with zero attached hydrogens (tertiary/aromatic N) is 2. The second kappa shape index (κ2) is 7.41. The summed E-state index contributed by atoms with van der Waals surface area (Å²) in [7, 11) is 0. The summed E-state index contributed by atoms with van der Waals surface area (Å²) < 4.78 is 0. The first-order chi connectivity index (χ1) is 7.77. The molecule has 1 saturated heterocycles. The van der Waals surface area contributed by atoms with Crippen LogP contribution in [0.15, 0.2) is 12.7 Å². The first-order valence-corrected chi connectivity index (χ1v) is 6.09. The van der Waals surface area contributed by atoms with E-state index in [0.29, 0.717) is 13.1 Å². The van der Waals surface area contributed by atoms with E-state index in [9.17, 15) is 4.79 Å². The number of rotatable bonds is 6. The van der Waals surface area contributed by atoms with Crippen molar-refractivity contribution in [1.82, 2.24) is 15.1 Å². The Morgan fingerprint density at radius 3 is 2.75 bits per heavy atom. The van der Waals surface area contributed by atoms with Crippen molar-refractivity contribution < 1.29 is 4.79 Å². The van der Waals surface area contributed by atoms with E-state index in [0.717, 1.165) is 39.1 Å². The van der Waals surface area contributed by atoms with Gasteiger partial charge in [0, 0.05) is 39.3 Å². The summed E-state index contributed by atoms with van der Waals surface area (Å²) in [6.07, 6.45) is 2.80. The molecule has 1 amide bonds. The van der Waals surface area contributed by atoms with Crippen LogP contribution >= 0.6 is 0 Å². The third kappa shape index (κ3) is 4.33.